The maximum atomic E-state index is 13.4. The van der Waals surface area contributed by atoms with Gasteiger partial charge in [-0.05, 0) is 55.7 Å². The molecule has 30 heavy (non-hydrogen) atoms. The Balaban J connectivity index is 1.62. The summed E-state index contributed by atoms with van der Waals surface area (Å²) in [5.41, 5.74) is 1.28. The van der Waals surface area contributed by atoms with Gasteiger partial charge >= 0.3 is 0 Å². The Morgan fingerprint density at radius 1 is 1.13 bits per heavy atom. The van der Waals surface area contributed by atoms with Gasteiger partial charge in [0.1, 0.15) is 17.5 Å². The SMILES string of the molecule is COc1ccc(C(=O)N2CCCCC2c2nc(-c3ccc(Cl)cc3)no2)c(OC)c1. The number of likely N-dealkylation sites (tertiary alicyclic amines) is 1. The Hall–Kier alpha value is -3.06. The van der Waals surface area contributed by atoms with Crippen LogP contribution in [0, 0.1) is 0 Å². The van der Waals surface area contributed by atoms with Crippen LogP contribution >= 0.6 is 11.6 Å². The minimum absolute atomic E-state index is 0.134. The molecular weight excluding hydrogens is 406 g/mol. The maximum Gasteiger partial charge on any atom is 0.258 e. The van der Waals surface area contributed by atoms with Crippen LogP contribution in [0.1, 0.15) is 41.6 Å². The normalized spacial score (nSPS) is 16.4. The van der Waals surface area contributed by atoms with E-state index >= 15 is 0 Å². The van der Waals surface area contributed by atoms with Gasteiger partial charge in [0, 0.05) is 23.2 Å². The van der Waals surface area contributed by atoms with Gasteiger partial charge in [-0.15, -0.1) is 0 Å². The minimum atomic E-state index is -0.286. The number of halogens is 1. The zero-order valence-corrected chi connectivity index (χ0v) is 17.6. The number of rotatable bonds is 5. The molecule has 1 fully saturated rings. The first-order valence-corrected chi connectivity index (χ1v) is 10.1. The Labute approximate surface area is 179 Å². The number of carbonyl (C=O) groups excluding carboxylic acids is 1. The van der Waals surface area contributed by atoms with Crippen molar-refractivity contribution in [2.24, 2.45) is 0 Å². The molecule has 0 saturated carbocycles. The van der Waals surface area contributed by atoms with Crippen molar-refractivity contribution in [3.05, 3.63) is 58.9 Å². The average Bonchev–Trinajstić information content (AvgIpc) is 3.28. The minimum Gasteiger partial charge on any atom is -0.497 e. The van der Waals surface area contributed by atoms with E-state index in [1.807, 2.05) is 12.1 Å². The zero-order chi connectivity index (χ0) is 21.1. The van der Waals surface area contributed by atoms with E-state index in [4.69, 9.17) is 25.6 Å². The molecule has 0 aliphatic carbocycles. The first kappa shape index (κ1) is 20.2. The fourth-order valence-electron chi connectivity index (χ4n) is 3.65. The van der Waals surface area contributed by atoms with Crippen molar-refractivity contribution in [3.8, 4) is 22.9 Å². The van der Waals surface area contributed by atoms with Crippen molar-refractivity contribution in [1.82, 2.24) is 15.0 Å². The molecule has 0 bridgehead atoms. The largest absolute Gasteiger partial charge is 0.497 e. The fourth-order valence-corrected chi connectivity index (χ4v) is 3.77. The summed E-state index contributed by atoms with van der Waals surface area (Å²) in [5, 5.41) is 4.74. The number of piperidine rings is 1. The zero-order valence-electron chi connectivity index (χ0n) is 16.8. The van der Waals surface area contributed by atoms with E-state index in [1.54, 1.807) is 42.3 Å². The van der Waals surface area contributed by atoms with E-state index < -0.39 is 0 Å². The van der Waals surface area contributed by atoms with Gasteiger partial charge in [0.25, 0.3) is 5.91 Å². The molecule has 1 saturated heterocycles. The summed E-state index contributed by atoms with van der Waals surface area (Å²) in [6.07, 6.45) is 2.65. The lowest BCUT2D eigenvalue weighted by Gasteiger charge is -2.33. The van der Waals surface area contributed by atoms with E-state index in [1.165, 1.54) is 7.11 Å². The number of nitrogens with zero attached hydrogens (tertiary/aromatic N) is 3. The van der Waals surface area contributed by atoms with Crippen LogP contribution in [0.25, 0.3) is 11.4 Å². The first-order chi connectivity index (χ1) is 14.6. The number of ether oxygens (including phenoxy) is 2. The van der Waals surface area contributed by atoms with E-state index in [-0.39, 0.29) is 11.9 Å². The molecule has 0 radical (unpaired) electrons. The summed E-state index contributed by atoms with van der Waals surface area (Å²) in [4.78, 5) is 19.7. The number of amides is 1. The predicted molar refractivity (Wildman–Crippen MR) is 112 cm³/mol. The molecule has 156 valence electrons. The van der Waals surface area contributed by atoms with Crippen LogP contribution in [0.5, 0.6) is 11.5 Å². The molecule has 2 heterocycles. The van der Waals surface area contributed by atoms with Gasteiger partial charge in [0.15, 0.2) is 0 Å². The van der Waals surface area contributed by atoms with Crippen LogP contribution in [0.15, 0.2) is 47.0 Å². The summed E-state index contributed by atoms with van der Waals surface area (Å²) in [5.74, 6) is 1.87. The Bertz CT molecular complexity index is 1040. The monoisotopic (exact) mass is 427 g/mol. The molecular formula is C22H22ClN3O4. The standard InChI is InChI=1S/C22H22ClN3O4/c1-28-16-10-11-17(19(13-16)29-2)22(27)26-12-4-3-5-18(26)21-24-20(25-30-21)14-6-8-15(23)9-7-14/h6-11,13,18H,3-5,12H2,1-2H3. The molecule has 7 nitrogen and oxygen atoms in total. The Morgan fingerprint density at radius 2 is 1.93 bits per heavy atom. The number of hydrogen-bond donors (Lipinski definition) is 0. The third-order valence-corrected chi connectivity index (χ3v) is 5.48. The van der Waals surface area contributed by atoms with Crippen molar-refractivity contribution in [2.45, 2.75) is 25.3 Å². The van der Waals surface area contributed by atoms with Crippen LogP contribution in [-0.2, 0) is 0 Å². The Kier molecular flexibility index (Phi) is 5.90. The van der Waals surface area contributed by atoms with Crippen molar-refractivity contribution >= 4 is 17.5 Å². The number of carbonyl (C=O) groups is 1. The molecule has 1 unspecified atom stereocenters. The predicted octanol–water partition coefficient (Wildman–Crippen LogP) is 4.77. The average molecular weight is 428 g/mol. The smallest absolute Gasteiger partial charge is 0.258 e. The summed E-state index contributed by atoms with van der Waals surface area (Å²) >= 11 is 5.96. The number of methoxy groups -OCH3 is 2. The number of benzene rings is 2. The molecule has 1 atom stereocenters. The molecule has 1 aliphatic rings. The lowest BCUT2D eigenvalue weighted by atomic mass is 10.00. The summed E-state index contributed by atoms with van der Waals surface area (Å²) in [7, 11) is 3.11. The summed E-state index contributed by atoms with van der Waals surface area (Å²) in [6, 6.07) is 12.1. The van der Waals surface area contributed by atoms with Gasteiger partial charge < -0.3 is 18.9 Å². The van der Waals surface area contributed by atoms with E-state index in [0.717, 1.165) is 24.8 Å². The topological polar surface area (TPSA) is 77.7 Å². The quantitative estimate of drug-likeness (QED) is 0.583. The van der Waals surface area contributed by atoms with E-state index in [9.17, 15) is 4.79 Å². The fraction of sp³-hybridized carbons (Fsp3) is 0.318. The molecule has 4 rings (SSSR count). The van der Waals surface area contributed by atoms with E-state index in [2.05, 4.69) is 10.1 Å². The number of hydrogen-bond acceptors (Lipinski definition) is 6. The molecule has 0 spiro atoms. The third kappa shape index (κ3) is 3.98. The molecule has 1 amide bonds. The van der Waals surface area contributed by atoms with Gasteiger partial charge in [-0.2, -0.15) is 4.98 Å². The van der Waals surface area contributed by atoms with Crippen LogP contribution in [-0.4, -0.2) is 41.7 Å². The molecule has 1 aliphatic heterocycles. The van der Waals surface area contributed by atoms with Crippen LogP contribution in [0.4, 0.5) is 0 Å². The molecule has 8 heteroatoms. The van der Waals surface area contributed by atoms with Crippen molar-refractivity contribution < 1.29 is 18.8 Å². The highest BCUT2D eigenvalue weighted by molar-refractivity contribution is 6.30. The number of aromatic nitrogens is 2. The third-order valence-electron chi connectivity index (χ3n) is 5.23. The first-order valence-electron chi connectivity index (χ1n) is 9.73. The second kappa shape index (κ2) is 8.75. The van der Waals surface area contributed by atoms with Crippen LogP contribution in [0.2, 0.25) is 5.02 Å². The lowest BCUT2D eigenvalue weighted by Crippen LogP contribution is -2.38. The molecule has 0 N–H and O–H groups in total. The van der Waals surface area contributed by atoms with Gasteiger partial charge in [-0.1, -0.05) is 16.8 Å². The highest BCUT2D eigenvalue weighted by atomic mass is 35.5. The van der Waals surface area contributed by atoms with Crippen molar-refractivity contribution in [3.63, 3.8) is 0 Å². The Morgan fingerprint density at radius 3 is 2.67 bits per heavy atom. The van der Waals surface area contributed by atoms with Gasteiger partial charge in [-0.25, -0.2) is 0 Å². The summed E-state index contributed by atoms with van der Waals surface area (Å²) < 4.78 is 16.2. The van der Waals surface area contributed by atoms with Gasteiger partial charge in [0.2, 0.25) is 11.7 Å². The summed E-state index contributed by atoms with van der Waals surface area (Å²) in [6.45, 7) is 0.608. The van der Waals surface area contributed by atoms with E-state index in [0.29, 0.717) is 40.3 Å². The van der Waals surface area contributed by atoms with Crippen LogP contribution < -0.4 is 9.47 Å². The lowest BCUT2D eigenvalue weighted by molar-refractivity contribution is 0.0558. The van der Waals surface area contributed by atoms with Crippen LogP contribution in [0.3, 0.4) is 0 Å². The highest BCUT2D eigenvalue weighted by Crippen LogP contribution is 2.34. The van der Waals surface area contributed by atoms with Crippen molar-refractivity contribution in [2.75, 3.05) is 20.8 Å². The maximum absolute atomic E-state index is 13.4. The second-order valence-electron chi connectivity index (χ2n) is 7.04. The second-order valence-corrected chi connectivity index (χ2v) is 7.48. The van der Waals surface area contributed by atoms with Gasteiger partial charge in [-0.3, -0.25) is 4.79 Å². The van der Waals surface area contributed by atoms with Crippen molar-refractivity contribution in [1.29, 1.82) is 0 Å². The molecule has 3 aromatic rings. The highest BCUT2D eigenvalue weighted by Gasteiger charge is 2.34. The van der Waals surface area contributed by atoms with Gasteiger partial charge in [0.05, 0.1) is 19.8 Å². The molecule has 2 aromatic carbocycles. The molecule has 1 aromatic heterocycles.